The summed E-state index contributed by atoms with van der Waals surface area (Å²) in [5.74, 6) is 0. The number of benzene rings is 1. The van der Waals surface area contributed by atoms with Crippen LogP contribution in [0.3, 0.4) is 0 Å². The monoisotopic (exact) mass is 395 g/mol. The van der Waals surface area contributed by atoms with Crippen LogP contribution in [0.4, 0.5) is 5.69 Å². The second-order valence-electron chi connectivity index (χ2n) is 4.67. The lowest BCUT2D eigenvalue weighted by Crippen LogP contribution is -2.34. The molecule has 6 heteroatoms. The second-order valence-corrected chi connectivity index (χ2v) is 8.71. The van der Waals surface area contributed by atoms with Crippen molar-refractivity contribution < 1.29 is 8.42 Å². The molecule has 1 saturated carbocycles. The first-order chi connectivity index (χ1) is 8.38. The Morgan fingerprint density at radius 2 is 2.00 bits per heavy atom. The molecule has 1 fully saturated rings. The van der Waals surface area contributed by atoms with Gasteiger partial charge in [0.2, 0.25) is 0 Å². The minimum Gasteiger partial charge on any atom is -0.380 e. The summed E-state index contributed by atoms with van der Waals surface area (Å²) in [7, 11) is -2.98. The molecule has 2 unspecified atom stereocenters. The van der Waals surface area contributed by atoms with Gasteiger partial charge in [0.05, 0.1) is 5.25 Å². The Bertz CT molecular complexity index is 545. The van der Waals surface area contributed by atoms with Crippen LogP contribution in [0.15, 0.2) is 27.1 Å². The van der Waals surface area contributed by atoms with Gasteiger partial charge in [0.25, 0.3) is 0 Å². The summed E-state index contributed by atoms with van der Waals surface area (Å²) in [4.78, 5) is 0. The van der Waals surface area contributed by atoms with Crippen LogP contribution in [0.25, 0.3) is 0 Å². The molecule has 2 atom stereocenters. The van der Waals surface area contributed by atoms with E-state index in [4.69, 9.17) is 0 Å². The molecule has 100 valence electrons. The molecule has 3 nitrogen and oxygen atoms in total. The van der Waals surface area contributed by atoms with Crippen molar-refractivity contribution in [1.82, 2.24) is 0 Å². The fourth-order valence-corrected chi connectivity index (χ4v) is 4.97. The molecule has 1 aromatic carbocycles. The van der Waals surface area contributed by atoms with Gasteiger partial charge in [0, 0.05) is 26.9 Å². The molecule has 18 heavy (non-hydrogen) atoms. The first-order valence-electron chi connectivity index (χ1n) is 5.78. The molecular formula is C12H15Br2NO2S. The highest BCUT2D eigenvalue weighted by atomic mass is 79.9. The predicted octanol–water partition coefficient (Wildman–Crippen LogP) is 3.59. The molecule has 0 saturated heterocycles. The Hall–Kier alpha value is -0.0700. The summed E-state index contributed by atoms with van der Waals surface area (Å²) in [6.07, 6.45) is 3.95. The first-order valence-corrected chi connectivity index (χ1v) is 9.32. The zero-order valence-corrected chi connectivity index (χ0v) is 14.0. The van der Waals surface area contributed by atoms with Gasteiger partial charge >= 0.3 is 0 Å². The quantitative estimate of drug-likeness (QED) is 0.848. The number of hydrogen-bond donors (Lipinski definition) is 1. The fourth-order valence-electron chi connectivity index (χ4n) is 2.41. The molecule has 0 aromatic heterocycles. The van der Waals surface area contributed by atoms with Crippen LogP contribution in [0.5, 0.6) is 0 Å². The molecule has 1 aromatic rings. The number of sulfone groups is 1. The van der Waals surface area contributed by atoms with Crippen LogP contribution in [0.1, 0.15) is 19.3 Å². The van der Waals surface area contributed by atoms with Crippen LogP contribution in [0, 0.1) is 0 Å². The Morgan fingerprint density at radius 3 is 2.61 bits per heavy atom. The maximum absolute atomic E-state index is 11.7. The van der Waals surface area contributed by atoms with E-state index < -0.39 is 9.84 Å². The zero-order valence-electron chi connectivity index (χ0n) is 9.99. The average molecular weight is 397 g/mol. The lowest BCUT2D eigenvalue weighted by atomic mass is 10.2. The fraction of sp³-hybridized carbons (Fsp3) is 0.500. The smallest absolute Gasteiger partial charge is 0.152 e. The third kappa shape index (κ3) is 3.27. The van der Waals surface area contributed by atoms with E-state index in [0.29, 0.717) is 0 Å². The number of halogens is 2. The molecule has 0 spiro atoms. The molecule has 1 N–H and O–H groups in total. The highest BCUT2D eigenvalue weighted by molar-refractivity contribution is 9.11. The SMILES string of the molecule is CS(=O)(=O)C1CCCC1Nc1ccc(Br)cc1Br. The standard InChI is InChI=1S/C12H15Br2NO2S/c1-18(16,17)12-4-2-3-11(12)15-10-6-5-8(13)7-9(10)14/h5-7,11-12,15H,2-4H2,1H3. The topological polar surface area (TPSA) is 46.2 Å². The van der Waals surface area contributed by atoms with Gasteiger partial charge in [-0.3, -0.25) is 0 Å². The third-order valence-electron chi connectivity index (χ3n) is 3.27. The van der Waals surface area contributed by atoms with Crippen LogP contribution in [-0.4, -0.2) is 26.0 Å². The lowest BCUT2D eigenvalue weighted by Gasteiger charge is -2.21. The maximum Gasteiger partial charge on any atom is 0.152 e. The van der Waals surface area contributed by atoms with Crippen molar-refractivity contribution in [1.29, 1.82) is 0 Å². The molecule has 0 heterocycles. The third-order valence-corrected chi connectivity index (χ3v) is 6.09. The molecule has 0 aliphatic heterocycles. The highest BCUT2D eigenvalue weighted by Crippen LogP contribution is 2.32. The average Bonchev–Trinajstić information content (AvgIpc) is 2.70. The number of rotatable bonds is 3. The van der Waals surface area contributed by atoms with E-state index in [-0.39, 0.29) is 11.3 Å². The van der Waals surface area contributed by atoms with E-state index in [0.717, 1.165) is 33.9 Å². The minimum atomic E-state index is -2.98. The Morgan fingerprint density at radius 1 is 1.28 bits per heavy atom. The van der Waals surface area contributed by atoms with E-state index in [1.807, 2.05) is 18.2 Å². The van der Waals surface area contributed by atoms with Crippen molar-refractivity contribution >= 4 is 47.4 Å². The van der Waals surface area contributed by atoms with Gasteiger partial charge in [0.15, 0.2) is 9.84 Å². The summed E-state index contributed by atoms with van der Waals surface area (Å²) in [5.41, 5.74) is 0.943. The first kappa shape index (κ1) is 14.3. The van der Waals surface area contributed by atoms with Gasteiger partial charge in [0.1, 0.15) is 0 Å². The largest absolute Gasteiger partial charge is 0.380 e. The van der Waals surface area contributed by atoms with Crippen molar-refractivity contribution in [3.8, 4) is 0 Å². The molecule has 1 aliphatic rings. The zero-order chi connectivity index (χ0) is 13.3. The van der Waals surface area contributed by atoms with Crippen molar-refractivity contribution in [2.45, 2.75) is 30.6 Å². The summed E-state index contributed by atoms with van der Waals surface area (Å²) in [6.45, 7) is 0. The van der Waals surface area contributed by atoms with Crippen molar-refractivity contribution in [2.75, 3.05) is 11.6 Å². The van der Waals surface area contributed by atoms with Crippen molar-refractivity contribution in [3.63, 3.8) is 0 Å². The maximum atomic E-state index is 11.7. The Kier molecular flexibility index (Phi) is 4.39. The molecule has 2 rings (SSSR count). The van der Waals surface area contributed by atoms with Crippen LogP contribution in [0.2, 0.25) is 0 Å². The number of hydrogen-bond acceptors (Lipinski definition) is 3. The van der Waals surface area contributed by atoms with Gasteiger partial charge < -0.3 is 5.32 Å². The normalized spacial score (nSPS) is 24.2. The molecule has 1 aliphatic carbocycles. The number of nitrogens with one attached hydrogen (secondary N) is 1. The number of anilines is 1. The molecule has 0 amide bonds. The summed E-state index contributed by atoms with van der Waals surface area (Å²) in [5, 5.41) is 3.08. The van der Waals surface area contributed by atoms with Crippen LogP contribution in [-0.2, 0) is 9.84 Å². The molecule has 0 radical (unpaired) electrons. The van der Waals surface area contributed by atoms with Crippen molar-refractivity contribution in [2.24, 2.45) is 0 Å². The van der Waals surface area contributed by atoms with Gasteiger partial charge in [-0.15, -0.1) is 0 Å². The molecule has 0 bridgehead atoms. The lowest BCUT2D eigenvalue weighted by molar-refractivity contribution is 0.579. The van der Waals surface area contributed by atoms with Crippen LogP contribution < -0.4 is 5.32 Å². The molecular weight excluding hydrogens is 382 g/mol. The Balaban J connectivity index is 2.18. The van der Waals surface area contributed by atoms with E-state index in [1.165, 1.54) is 6.26 Å². The van der Waals surface area contributed by atoms with Gasteiger partial charge in [-0.2, -0.15) is 0 Å². The van der Waals surface area contributed by atoms with E-state index in [2.05, 4.69) is 37.2 Å². The minimum absolute atomic E-state index is 0.0116. The van der Waals surface area contributed by atoms with E-state index in [1.54, 1.807) is 0 Å². The van der Waals surface area contributed by atoms with E-state index in [9.17, 15) is 8.42 Å². The van der Waals surface area contributed by atoms with Gasteiger partial charge in [-0.05, 0) is 53.4 Å². The Labute approximate surface area is 125 Å². The summed E-state index contributed by atoms with van der Waals surface area (Å²) in [6, 6.07) is 5.85. The van der Waals surface area contributed by atoms with E-state index >= 15 is 0 Å². The highest BCUT2D eigenvalue weighted by Gasteiger charge is 2.34. The van der Waals surface area contributed by atoms with Gasteiger partial charge in [-0.1, -0.05) is 15.9 Å². The predicted molar refractivity (Wildman–Crippen MR) is 81.7 cm³/mol. The second kappa shape index (κ2) is 5.51. The summed E-state index contributed by atoms with van der Waals surface area (Å²) < 4.78 is 25.4. The van der Waals surface area contributed by atoms with Gasteiger partial charge in [-0.25, -0.2) is 8.42 Å². The van der Waals surface area contributed by atoms with Crippen molar-refractivity contribution in [3.05, 3.63) is 27.1 Å². The van der Waals surface area contributed by atoms with Crippen LogP contribution >= 0.6 is 31.9 Å². The summed E-state index contributed by atoms with van der Waals surface area (Å²) >= 11 is 6.88.